The standard InChI is InChI=1S/C25H40N6O4/c1-17(31(19-7-8-19)24(32)22-15-27-12-13-35-22)23(26)20-9-6-18(16-30(2)3)14-21(20)28-10-5-11-29-25(33)34-4/h6,9,14,17,19,22,26-28H,5,7-8,10-13,15-16H2,1-4H3,(H,29,33)/p+1/t17-,22-/m1/s1. The number of ether oxygens (including phenoxy) is 2. The number of nitrogens with one attached hydrogen (secondary N) is 3. The van der Waals surface area contributed by atoms with Gasteiger partial charge < -0.3 is 40.6 Å². The molecule has 10 heteroatoms. The van der Waals surface area contributed by atoms with E-state index in [0.717, 1.165) is 55.7 Å². The Labute approximate surface area is 208 Å². The molecule has 1 aliphatic heterocycles. The number of rotatable bonds is 12. The maximum absolute atomic E-state index is 13.3. The average Bonchev–Trinajstić information content (AvgIpc) is 3.68. The van der Waals surface area contributed by atoms with Gasteiger partial charge in [0.1, 0.15) is 11.8 Å². The number of carbonyl (C=O) groups excluding carboxylic acids is 2. The molecule has 0 unspecified atom stereocenters. The number of nitrogens with zero attached hydrogens (tertiary/aromatic N) is 2. The second kappa shape index (κ2) is 13.0. The zero-order valence-electron chi connectivity index (χ0n) is 21.4. The Bertz CT molecular complexity index is 883. The van der Waals surface area contributed by atoms with Crippen LogP contribution in [-0.2, 0) is 20.8 Å². The molecule has 2 atom stereocenters. The van der Waals surface area contributed by atoms with Crippen molar-refractivity contribution in [1.82, 2.24) is 20.4 Å². The number of alkyl carbamates (subject to hydrolysis) is 1. The lowest BCUT2D eigenvalue weighted by Crippen LogP contribution is -2.79. The van der Waals surface area contributed by atoms with Gasteiger partial charge in [0.15, 0.2) is 0 Å². The number of quaternary nitrogens is 1. The second-order valence-electron chi connectivity index (χ2n) is 9.55. The Morgan fingerprint density at radius 1 is 1.34 bits per heavy atom. The molecule has 1 saturated heterocycles. The van der Waals surface area contributed by atoms with E-state index in [4.69, 9.17) is 10.1 Å². The quantitative estimate of drug-likeness (QED) is 0.192. The fourth-order valence-electron chi connectivity index (χ4n) is 4.41. The van der Waals surface area contributed by atoms with E-state index in [1.165, 1.54) is 7.11 Å². The van der Waals surface area contributed by atoms with Crippen LogP contribution >= 0.6 is 0 Å². The van der Waals surface area contributed by atoms with Crippen LogP contribution < -0.4 is 16.0 Å². The summed E-state index contributed by atoms with van der Waals surface area (Å²) in [5.74, 6) is -0.0272. The van der Waals surface area contributed by atoms with Crippen LogP contribution in [0, 0.1) is 5.41 Å². The van der Waals surface area contributed by atoms with Crippen LogP contribution in [0.2, 0.25) is 0 Å². The lowest BCUT2D eigenvalue weighted by Gasteiger charge is -2.34. The van der Waals surface area contributed by atoms with Gasteiger partial charge in [-0.25, -0.2) is 4.79 Å². The minimum Gasteiger partial charge on any atom is -0.453 e. The van der Waals surface area contributed by atoms with E-state index in [1.807, 2.05) is 32.0 Å². The first-order valence-electron chi connectivity index (χ1n) is 12.5. The number of benzene rings is 1. The highest BCUT2D eigenvalue weighted by atomic mass is 16.5. The molecule has 35 heavy (non-hydrogen) atoms. The van der Waals surface area contributed by atoms with Gasteiger partial charge in [-0.15, -0.1) is 0 Å². The Morgan fingerprint density at radius 3 is 2.74 bits per heavy atom. The number of hydrogen-bond donors (Lipinski definition) is 4. The number of methoxy groups -OCH3 is 1. The van der Waals surface area contributed by atoms with Gasteiger partial charge in [-0.3, -0.25) is 4.79 Å². The normalized spacial score (nSPS) is 18.7. The third-order valence-corrected chi connectivity index (χ3v) is 6.34. The van der Waals surface area contributed by atoms with Crippen LogP contribution in [0.3, 0.4) is 0 Å². The van der Waals surface area contributed by atoms with Crippen LogP contribution in [0.1, 0.15) is 37.3 Å². The summed E-state index contributed by atoms with van der Waals surface area (Å²) < 4.78 is 10.4. The molecule has 0 spiro atoms. The topological polar surface area (TPSA) is 124 Å². The van der Waals surface area contributed by atoms with Gasteiger partial charge in [0.25, 0.3) is 5.91 Å². The van der Waals surface area contributed by atoms with Crippen LogP contribution in [0.5, 0.6) is 0 Å². The van der Waals surface area contributed by atoms with Crippen molar-refractivity contribution < 1.29 is 24.4 Å². The maximum atomic E-state index is 13.3. The first kappa shape index (κ1) is 27.1. The van der Waals surface area contributed by atoms with Gasteiger partial charge in [0, 0.05) is 44.7 Å². The SMILES string of the molecule is COC(=O)NCCC[NH2+]c1cc(CN(C)C)ccc1C(=N)[C@@H](C)N(C(=O)[C@H]1CNCCO1)C1CC1. The summed E-state index contributed by atoms with van der Waals surface area (Å²) >= 11 is 0. The lowest BCUT2D eigenvalue weighted by atomic mass is 9.98. The van der Waals surface area contributed by atoms with Crippen molar-refractivity contribution >= 4 is 23.4 Å². The van der Waals surface area contributed by atoms with E-state index in [-0.39, 0.29) is 18.0 Å². The summed E-state index contributed by atoms with van der Waals surface area (Å²) in [6.45, 7) is 5.81. The van der Waals surface area contributed by atoms with Gasteiger partial charge in [-0.1, -0.05) is 6.07 Å². The number of hydrogen-bond acceptors (Lipinski definition) is 7. The smallest absolute Gasteiger partial charge is 0.406 e. The summed E-state index contributed by atoms with van der Waals surface area (Å²) in [6, 6.07) is 6.01. The minimum absolute atomic E-state index is 0.0272. The predicted molar refractivity (Wildman–Crippen MR) is 134 cm³/mol. The highest BCUT2D eigenvalue weighted by molar-refractivity contribution is 6.06. The first-order valence-corrected chi connectivity index (χ1v) is 12.5. The number of amides is 2. The van der Waals surface area contributed by atoms with Crippen molar-refractivity contribution in [1.29, 1.82) is 5.41 Å². The van der Waals surface area contributed by atoms with Crippen LogP contribution in [-0.4, -0.2) is 99.7 Å². The molecule has 2 fully saturated rings. The first-order chi connectivity index (χ1) is 16.8. The molecule has 194 valence electrons. The number of morpholine rings is 1. The molecule has 1 saturated carbocycles. The molecule has 5 N–H and O–H groups in total. The summed E-state index contributed by atoms with van der Waals surface area (Å²) in [6.07, 6.45) is 1.77. The third-order valence-electron chi connectivity index (χ3n) is 6.34. The van der Waals surface area contributed by atoms with Gasteiger partial charge in [0.05, 0.1) is 37.6 Å². The van der Waals surface area contributed by atoms with Crippen molar-refractivity contribution in [2.45, 2.75) is 50.9 Å². The Hall–Kier alpha value is -2.53. The Balaban J connectivity index is 1.75. The van der Waals surface area contributed by atoms with Gasteiger partial charge >= 0.3 is 6.09 Å². The van der Waals surface area contributed by atoms with E-state index in [1.54, 1.807) is 0 Å². The molecule has 0 radical (unpaired) electrons. The molecule has 1 aromatic rings. The zero-order chi connectivity index (χ0) is 25.4. The Kier molecular flexibility index (Phi) is 10.0. The monoisotopic (exact) mass is 489 g/mol. The molecule has 1 aromatic carbocycles. The molecule has 3 rings (SSSR count). The summed E-state index contributed by atoms with van der Waals surface area (Å²) in [5, 5.41) is 17.1. The average molecular weight is 490 g/mol. The van der Waals surface area contributed by atoms with E-state index in [9.17, 15) is 9.59 Å². The van der Waals surface area contributed by atoms with E-state index in [2.05, 4.69) is 37.7 Å². The van der Waals surface area contributed by atoms with Crippen molar-refractivity contribution in [3.8, 4) is 0 Å². The van der Waals surface area contributed by atoms with E-state index >= 15 is 0 Å². The van der Waals surface area contributed by atoms with Crippen molar-refractivity contribution in [2.24, 2.45) is 0 Å². The van der Waals surface area contributed by atoms with E-state index in [0.29, 0.717) is 25.4 Å². The van der Waals surface area contributed by atoms with Crippen LogP contribution in [0.25, 0.3) is 0 Å². The second-order valence-corrected chi connectivity index (χ2v) is 9.55. The molecule has 1 aliphatic carbocycles. The van der Waals surface area contributed by atoms with Gasteiger partial charge in [-0.2, -0.15) is 0 Å². The highest BCUT2D eigenvalue weighted by Crippen LogP contribution is 2.31. The lowest BCUT2D eigenvalue weighted by molar-refractivity contribution is -0.571. The van der Waals surface area contributed by atoms with Crippen LogP contribution in [0.4, 0.5) is 10.5 Å². The molecule has 2 aliphatic rings. The largest absolute Gasteiger partial charge is 0.453 e. The van der Waals surface area contributed by atoms with Crippen molar-refractivity contribution in [3.63, 3.8) is 0 Å². The summed E-state index contributed by atoms with van der Waals surface area (Å²) in [5.41, 5.74) is 3.42. The molecule has 1 heterocycles. The third kappa shape index (κ3) is 7.73. The predicted octanol–water partition coefficient (Wildman–Crippen LogP) is 0.425. The summed E-state index contributed by atoms with van der Waals surface area (Å²) in [4.78, 5) is 28.6. The summed E-state index contributed by atoms with van der Waals surface area (Å²) in [7, 11) is 5.41. The van der Waals surface area contributed by atoms with Gasteiger partial charge in [-0.05, 0) is 45.5 Å². The van der Waals surface area contributed by atoms with E-state index < -0.39 is 12.2 Å². The molecule has 0 aromatic heterocycles. The minimum atomic E-state index is -0.490. The molecular weight excluding hydrogens is 448 g/mol. The fourth-order valence-corrected chi connectivity index (χ4v) is 4.41. The highest BCUT2D eigenvalue weighted by Gasteiger charge is 2.41. The van der Waals surface area contributed by atoms with Crippen molar-refractivity contribution in [3.05, 3.63) is 29.3 Å². The fraction of sp³-hybridized carbons (Fsp3) is 0.640. The zero-order valence-corrected chi connectivity index (χ0v) is 21.4. The maximum Gasteiger partial charge on any atom is 0.406 e. The number of nitrogens with two attached hydrogens (primary N) is 1. The number of carbonyl (C=O) groups is 2. The molecule has 10 nitrogen and oxygen atoms in total. The molecular formula is C25H41N6O4+. The van der Waals surface area contributed by atoms with Gasteiger partial charge in [0.2, 0.25) is 0 Å². The molecule has 0 bridgehead atoms. The van der Waals surface area contributed by atoms with Crippen molar-refractivity contribution in [2.75, 3.05) is 54.0 Å². The van der Waals surface area contributed by atoms with Crippen LogP contribution in [0.15, 0.2) is 18.2 Å². The molecule has 2 amide bonds. The Morgan fingerprint density at radius 2 is 2.11 bits per heavy atom.